The fourth-order valence-corrected chi connectivity index (χ4v) is 6.02. The molecule has 10 heteroatoms. The molecule has 0 atom stereocenters. The smallest absolute Gasteiger partial charge is 0.243 e. The highest BCUT2D eigenvalue weighted by atomic mass is 35.5. The van der Waals surface area contributed by atoms with E-state index in [1.54, 1.807) is 39.4 Å². The zero-order valence-electron chi connectivity index (χ0n) is 18.4. The Morgan fingerprint density at radius 2 is 1.59 bits per heavy atom. The van der Waals surface area contributed by atoms with Crippen LogP contribution in [0.4, 0.5) is 5.82 Å². The van der Waals surface area contributed by atoms with E-state index in [2.05, 4.69) is 10.00 Å². The van der Waals surface area contributed by atoms with Gasteiger partial charge in [0.25, 0.3) is 0 Å². The highest BCUT2D eigenvalue weighted by Crippen LogP contribution is 2.40. The van der Waals surface area contributed by atoms with E-state index in [0.717, 1.165) is 41.2 Å². The van der Waals surface area contributed by atoms with Crippen molar-refractivity contribution < 1.29 is 8.42 Å². The van der Waals surface area contributed by atoms with Gasteiger partial charge in [0.05, 0.1) is 27.2 Å². The van der Waals surface area contributed by atoms with Gasteiger partial charge in [0.2, 0.25) is 10.0 Å². The number of piperazine rings is 1. The maximum atomic E-state index is 13.0. The summed E-state index contributed by atoms with van der Waals surface area (Å²) in [6.45, 7) is 1.86. The topological polar surface area (TPSA) is 84.2 Å². The van der Waals surface area contributed by atoms with Gasteiger partial charge in [-0.15, -0.1) is 0 Å². The second kappa shape index (κ2) is 8.33. The molecule has 6 rings (SSSR count). The first kappa shape index (κ1) is 21.5. The molecule has 2 aromatic heterocycles. The van der Waals surface area contributed by atoms with Crippen LogP contribution in [0.15, 0.2) is 65.7 Å². The van der Waals surface area contributed by atoms with E-state index >= 15 is 0 Å². The van der Waals surface area contributed by atoms with Gasteiger partial charge in [0.15, 0.2) is 5.65 Å². The lowest BCUT2D eigenvalue weighted by molar-refractivity contribution is 0.384. The molecule has 1 aliphatic carbocycles. The summed E-state index contributed by atoms with van der Waals surface area (Å²) in [5.74, 6) is 1.98. The Bertz CT molecular complexity index is 1460. The Morgan fingerprint density at radius 1 is 0.882 bits per heavy atom. The van der Waals surface area contributed by atoms with Crippen LogP contribution in [0.25, 0.3) is 16.7 Å². The number of anilines is 1. The van der Waals surface area contributed by atoms with Crippen molar-refractivity contribution in [3.05, 3.63) is 71.6 Å². The third-order valence-corrected chi connectivity index (χ3v) is 8.60. The number of benzene rings is 2. The van der Waals surface area contributed by atoms with Crippen LogP contribution in [0.1, 0.15) is 24.6 Å². The van der Waals surface area contributed by atoms with Crippen LogP contribution in [-0.4, -0.2) is 58.7 Å². The van der Waals surface area contributed by atoms with Gasteiger partial charge >= 0.3 is 0 Å². The Hall–Kier alpha value is -3.01. The zero-order valence-corrected chi connectivity index (χ0v) is 20.0. The molecular formula is C24H23ClN6O2S. The quantitative estimate of drug-likeness (QED) is 0.419. The highest BCUT2D eigenvalue weighted by Gasteiger charge is 2.32. The summed E-state index contributed by atoms with van der Waals surface area (Å²) in [6, 6.07) is 16.1. The van der Waals surface area contributed by atoms with Crippen molar-refractivity contribution in [2.45, 2.75) is 23.7 Å². The Balaban J connectivity index is 1.34. The van der Waals surface area contributed by atoms with Gasteiger partial charge in [-0.3, -0.25) is 0 Å². The molecule has 1 saturated heterocycles. The lowest BCUT2D eigenvalue weighted by Gasteiger charge is -2.35. The van der Waals surface area contributed by atoms with Gasteiger partial charge in [-0.05, 0) is 37.1 Å². The molecule has 0 radical (unpaired) electrons. The molecule has 0 amide bonds. The Kier molecular flexibility index (Phi) is 5.28. The number of para-hydroxylation sites is 1. The van der Waals surface area contributed by atoms with Crippen LogP contribution < -0.4 is 4.90 Å². The normalized spacial score (nSPS) is 17.4. The molecule has 2 fully saturated rings. The molecule has 174 valence electrons. The Morgan fingerprint density at radius 3 is 2.29 bits per heavy atom. The molecule has 0 unspecified atom stereocenters. The van der Waals surface area contributed by atoms with Crippen molar-refractivity contribution in [1.82, 2.24) is 24.1 Å². The molecule has 0 N–H and O–H groups in total. The fourth-order valence-electron chi connectivity index (χ4n) is 4.36. The lowest BCUT2D eigenvalue weighted by atomic mass is 10.2. The minimum absolute atomic E-state index is 0.324. The molecule has 2 aromatic carbocycles. The first-order chi connectivity index (χ1) is 16.5. The summed E-state index contributed by atoms with van der Waals surface area (Å²) in [5.41, 5.74) is 1.49. The van der Waals surface area contributed by atoms with Crippen molar-refractivity contribution in [3.8, 4) is 5.69 Å². The van der Waals surface area contributed by atoms with Crippen LogP contribution in [0.2, 0.25) is 5.02 Å². The van der Waals surface area contributed by atoms with E-state index in [1.807, 2.05) is 30.3 Å². The number of fused-ring (bicyclic) bond motifs is 1. The molecule has 3 heterocycles. The number of hydrogen-bond acceptors (Lipinski definition) is 6. The molecule has 8 nitrogen and oxygen atoms in total. The van der Waals surface area contributed by atoms with Crippen molar-refractivity contribution in [2.24, 2.45) is 0 Å². The van der Waals surface area contributed by atoms with Crippen LogP contribution in [0, 0.1) is 0 Å². The maximum absolute atomic E-state index is 13.0. The molecular weight excluding hydrogens is 472 g/mol. The summed E-state index contributed by atoms with van der Waals surface area (Å²) < 4.78 is 29.4. The van der Waals surface area contributed by atoms with Gasteiger partial charge in [0.1, 0.15) is 11.6 Å². The van der Waals surface area contributed by atoms with E-state index in [9.17, 15) is 8.42 Å². The molecule has 0 bridgehead atoms. The minimum Gasteiger partial charge on any atom is -0.353 e. The van der Waals surface area contributed by atoms with Crippen LogP contribution in [-0.2, 0) is 10.0 Å². The van der Waals surface area contributed by atoms with Crippen molar-refractivity contribution in [1.29, 1.82) is 0 Å². The molecule has 1 saturated carbocycles. The molecule has 0 spiro atoms. The third kappa shape index (κ3) is 3.73. The van der Waals surface area contributed by atoms with Gasteiger partial charge in [-0.1, -0.05) is 41.9 Å². The summed E-state index contributed by atoms with van der Waals surface area (Å²) in [7, 11) is -3.52. The van der Waals surface area contributed by atoms with Gasteiger partial charge in [-0.2, -0.15) is 9.40 Å². The predicted molar refractivity (Wildman–Crippen MR) is 131 cm³/mol. The van der Waals surface area contributed by atoms with Gasteiger partial charge < -0.3 is 4.90 Å². The van der Waals surface area contributed by atoms with E-state index in [-0.39, 0.29) is 0 Å². The third-order valence-electron chi connectivity index (χ3n) is 6.37. The van der Waals surface area contributed by atoms with E-state index in [0.29, 0.717) is 42.0 Å². The van der Waals surface area contributed by atoms with Gasteiger partial charge in [0, 0.05) is 32.1 Å². The first-order valence-electron chi connectivity index (χ1n) is 11.3. The number of halogens is 1. The number of sulfonamides is 1. The van der Waals surface area contributed by atoms with Crippen LogP contribution >= 0.6 is 11.6 Å². The van der Waals surface area contributed by atoms with Crippen molar-refractivity contribution in [2.75, 3.05) is 31.1 Å². The predicted octanol–water partition coefficient (Wildman–Crippen LogP) is 3.86. The zero-order chi connectivity index (χ0) is 23.3. The summed E-state index contributed by atoms with van der Waals surface area (Å²) >= 11 is 6.45. The van der Waals surface area contributed by atoms with Crippen molar-refractivity contribution >= 4 is 38.5 Å². The average molecular weight is 495 g/mol. The second-order valence-corrected chi connectivity index (χ2v) is 11.0. The Labute approximate surface area is 202 Å². The maximum Gasteiger partial charge on any atom is 0.243 e. The standard InChI is InChI=1S/C24H23ClN6O2S/c25-20-8-4-5-9-21(20)31-24-19(16-26-31)23(27-22(28-24)17-10-11-17)29-12-14-30(15-13-29)34(32,33)18-6-2-1-3-7-18/h1-9,16-17H,10-15H2. The molecule has 4 aromatic rings. The van der Waals surface area contributed by atoms with Crippen LogP contribution in [0.5, 0.6) is 0 Å². The number of rotatable bonds is 5. The summed E-state index contributed by atoms with van der Waals surface area (Å²) in [4.78, 5) is 12.3. The SMILES string of the molecule is O=S(=O)(c1ccccc1)N1CCN(c2nc(C3CC3)nc3c2cnn3-c2ccccc2Cl)CC1. The van der Waals surface area contributed by atoms with E-state index in [1.165, 1.54) is 0 Å². The number of nitrogens with zero attached hydrogens (tertiary/aromatic N) is 6. The monoisotopic (exact) mass is 494 g/mol. The average Bonchev–Trinajstić information content (AvgIpc) is 3.64. The lowest BCUT2D eigenvalue weighted by Crippen LogP contribution is -2.49. The highest BCUT2D eigenvalue weighted by molar-refractivity contribution is 7.89. The minimum atomic E-state index is -3.52. The number of aromatic nitrogens is 4. The summed E-state index contributed by atoms with van der Waals surface area (Å²) in [6.07, 6.45) is 3.93. The van der Waals surface area contributed by atoms with E-state index < -0.39 is 10.0 Å². The largest absolute Gasteiger partial charge is 0.353 e. The fraction of sp³-hybridized carbons (Fsp3) is 0.292. The van der Waals surface area contributed by atoms with Crippen LogP contribution in [0.3, 0.4) is 0 Å². The first-order valence-corrected chi connectivity index (χ1v) is 13.1. The summed E-state index contributed by atoms with van der Waals surface area (Å²) in [5, 5.41) is 6.03. The number of hydrogen-bond donors (Lipinski definition) is 0. The van der Waals surface area contributed by atoms with Gasteiger partial charge in [-0.25, -0.2) is 23.1 Å². The second-order valence-electron chi connectivity index (χ2n) is 8.63. The van der Waals surface area contributed by atoms with Crippen molar-refractivity contribution in [3.63, 3.8) is 0 Å². The van der Waals surface area contributed by atoms with E-state index in [4.69, 9.17) is 21.6 Å². The molecule has 2 aliphatic rings. The molecule has 1 aliphatic heterocycles. The molecule has 34 heavy (non-hydrogen) atoms.